The van der Waals surface area contributed by atoms with E-state index in [0.717, 1.165) is 5.69 Å². The quantitative estimate of drug-likeness (QED) is 0.794. The van der Waals surface area contributed by atoms with E-state index in [4.69, 9.17) is 0 Å². The second-order valence-electron chi connectivity index (χ2n) is 4.37. The molecule has 2 rings (SSSR count). The Balaban J connectivity index is 2.35. The number of hydrogen-bond acceptors (Lipinski definition) is 3. The van der Waals surface area contributed by atoms with Crippen LogP contribution >= 0.6 is 0 Å². The lowest BCUT2D eigenvalue weighted by Gasteiger charge is -2.24. The van der Waals surface area contributed by atoms with Crippen molar-refractivity contribution >= 4 is 17.3 Å². The van der Waals surface area contributed by atoms with Gasteiger partial charge in [-0.25, -0.2) is 0 Å². The van der Waals surface area contributed by atoms with Gasteiger partial charge in [0, 0.05) is 30.0 Å². The molecule has 0 aliphatic carbocycles. The van der Waals surface area contributed by atoms with Crippen LogP contribution in [0.25, 0.3) is 0 Å². The van der Waals surface area contributed by atoms with Crippen LogP contribution in [0.4, 0.5) is 11.4 Å². The number of amides is 1. The average Bonchev–Trinajstić information content (AvgIpc) is 2.53. The molecule has 0 bridgehead atoms. The van der Waals surface area contributed by atoms with Gasteiger partial charge in [0.1, 0.15) is 0 Å². The van der Waals surface area contributed by atoms with Gasteiger partial charge in [-0.3, -0.25) is 4.79 Å². The van der Waals surface area contributed by atoms with Crippen molar-refractivity contribution in [3.05, 3.63) is 23.8 Å². The van der Waals surface area contributed by atoms with Crippen molar-refractivity contribution in [2.24, 2.45) is 0 Å². The Bertz CT molecular complexity index is 429. The highest BCUT2D eigenvalue weighted by Crippen LogP contribution is 2.33. The largest absolute Gasteiger partial charge is 0.378 e. The average molecular weight is 220 g/mol. The van der Waals surface area contributed by atoms with Crippen molar-refractivity contribution in [1.29, 1.82) is 0 Å². The third kappa shape index (κ3) is 1.65. The van der Waals surface area contributed by atoms with Gasteiger partial charge in [-0.1, -0.05) is 6.07 Å². The summed E-state index contributed by atoms with van der Waals surface area (Å²) in [6.07, 6.45) is -1.02. The predicted molar refractivity (Wildman–Crippen MR) is 63.6 cm³/mol. The van der Waals surface area contributed by atoms with Gasteiger partial charge < -0.3 is 15.3 Å². The SMILES string of the molecule is CC(C)N(C)c1ccc2c(c1)NC(=O)C2O. The second-order valence-corrected chi connectivity index (χ2v) is 4.37. The van der Waals surface area contributed by atoms with Crippen LogP contribution in [0.5, 0.6) is 0 Å². The molecule has 16 heavy (non-hydrogen) atoms. The summed E-state index contributed by atoms with van der Waals surface area (Å²) < 4.78 is 0. The normalized spacial score (nSPS) is 18.6. The molecule has 4 heteroatoms. The van der Waals surface area contributed by atoms with E-state index in [-0.39, 0.29) is 5.91 Å². The number of aliphatic hydroxyl groups excluding tert-OH is 1. The smallest absolute Gasteiger partial charge is 0.257 e. The van der Waals surface area contributed by atoms with Crippen LogP contribution in [0.3, 0.4) is 0 Å². The Morgan fingerprint density at radius 3 is 2.75 bits per heavy atom. The number of carbonyl (C=O) groups is 1. The summed E-state index contributed by atoms with van der Waals surface area (Å²) in [6, 6.07) is 6.00. The first-order valence-electron chi connectivity index (χ1n) is 5.36. The number of aliphatic hydroxyl groups is 1. The van der Waals surface area contributed by atoms with E-state index in [1.54, 1.807) is 6.07 Å². The van der Waals surface area contributed by atoms with Crippen LogP contribution in [0.1, 0.15) is 25.5 Å². The Morgan fingerprint density at radius 1 is 1.44 bits per heavy atom. The molecular weight excluding hydrogens is 204 g/mol. The van der Waals surface area contributed by atoms with E-state index in [9.17, 15) is 9.90 Å². The number of rotatable bonds is 2. The van der Waals surface area contributed by atoms with Gasteiger partial charge in [0.05, 0.1) is 0 Å². The fourth-order valence-corrected chi connectivity index (χ4v) is 1.75. The zero-order chi connectivity index (χ0) is 11.9. The summed E-state index contributed by atoms with van der Waals surface area (Å²) in [5.41, 5.74) is 2.40. The monoisotopic (exact) mass is 220 g/mol. The minimum atomic E-state index is -1.02. The molecule has 1 heterocycles. The number of benzene rings is 1. The highest BCUT2D eigenvalue weighted by molar-refractivity contribution is 6.02. The van der Waals surface area contributed by atoms with E-state index in [0.29, 0.717) is 17.3 Å². The first kappa shape index (κ1) is 11.0. The lowest BCUT2D eigenvalue weighted by molar-refractivity contribution is -0.123. The van der Waals surface area contributed by atoms with Crippen LogP contribution in [-0.4, -0.2) is 24.1 Å². The molecule has 1 unspecified atom stereocenters. The highest BCUT2D eigenvalue weighted by atomic mass is 16.3. The van der Waals surface area contributed by atoms with E-state index >= 15 is 0 Å². The molecule has 4 nitrogen and oxygen atoms in total. The Morgan fingerprint density at radius 2 is 2.12 bits per heavy atom. The van der Waals surface area contributed by atoms with Gasteiger partial charge in [0.25, 0.3) is 5.91 Å². The molecule has 0 aromatic heterocycles. The fraction of sp³-hybridized carbons (Fsp3) is 0.417. The molecule has 0 spiro atoms. The molecule has 1 amide bonds. The lowest BCUT2D eigenvalue weighted by atomic mass is 10.1. The molecule has 1 aromatic carbocycles. The summed E-state index contributed by atoms with van der Waals surface area (Å²) in [7, 11) is 2.00. The van der Waals surface area contributed by atoms with E-state index in [1.807, 2.05) is 19.2 Å². The van der Waals surface area contributed by atoms with Crippen LogP contribution in [0.15, 0.2) is 18.2 Å². The Labute approximate surface area is 94.9 Å². The molecule has 1 atom stereocenters. The Hall–Kier alpha value is -1.55. The molecule has 0 radical (unpaired) electrons. The topological polar surface area (TPSA) is 52.6 Å². The second kappa shape index (κ2) is 3.79. The van der Waals surface area contributed by atoms with Crippen molar-refractivity contribution in [3.63, 3.8) is 0 Å². The molecule has 2 N–H and O–H groups in total. The number of nitrogens with zero attached hydrogens (tertiary/aromatic N) is 1. The summed E-state index contributed by atoms with van der Waals surface area (Å²) in [6.45, 7) is 4.20. The van der Waals surface area contributed by atoms with Crippen molar-refractivity contribution in [3.8, 4) is 0 Å². The fourth-order valence-electron chi connectivity index (χ4n) is 1.75. The van der Waals surface area contributed by atoms with Crippen LogP contribution in [0.2, 0.25) is 0 Å². The number of anilines is 2. The van der Waals surface area contributed by atoms with Gasteiger partial charge >= 0.3 is 0 Å². The van der Waals surface area contributed by atoms with E-state index < -0.39 is 6.10 Å². The molecule has 1 aromatic rings. The van der Waals surface area contributed by atoms with Crippen molar-refractivity contribution in [2.75, 3.05) is 17.3 Å². The van der Waals surface area contributed by atoms with Gasteiger partial charge in [-0.15, -0.1) is 0 Å². The van der Waals surface area contributed by atoms with Crippen LogP contribution in [0, 0.1) is 0 Å². The summed E-state index contributed by atoms with van der Waals surface area (Å²) in [4.78, 5) is 13.4. The molecule has 86 valence electrons. The van der Waals surface area contributed by atoms with Gasteiger partial charge in [0.2, 0.25) is 0 Å². The molecule has 1 aliphatic rings. The lowest BCUT2D eigenvalue weighted by Crippen LogP contribution is -2.25. The molecular formula is C12H16N2O2. The first-order valence-corrected chi connectivity index (χ1v) is 5.36. The maximum Gasteiger partial charge on any atom is 0.257 e. The van der Waals surface area contributed by atoms with E-state index in [2.05, 4.69) is 24.1 Å². The number of nitrogens with one attached hydrogen (secondary N) is 1. The van der Waals surface area contributed by atoms with Gasteiger partial charge in [-0.2, -0.15) is 0 Å². The maximum atomic E-state index is 11.3. The molecule has 0 saturated heterocycles. The molecule has 0 fully saturated rings. The van der Waals surface area contributed by atoms with Gasteiger partial charge in [0.15, 0.2) is 6.10 Å². The predicted octanol–water partition coefficient (Wildman–Crippen LogP) is 1.52. The van der Waals surface area contributed by atoms with E-state index in [1.165, 1.54) is 0 Å². The van der Waals surface area contributed by atoms with Crippen molar-refractivity contribution in [2.45, 2.75) is 26.0 Å². The number of carbonyl (C=O) groups excluding carboxylic acids is 1. The zero-order valence-electron chi connectivity index (χ0n) is 9.69. The number of fused-ring (bicyclic) bond motifs is 1. The van der Waals surface area contributed by atoms with Crippen molar-refractivity contribution < 1.29 is 9.90 Å². The van der Waals surface area contributed by atoms with Crippen LogP contribution < -0.4 is 10.2 Å². The third-order valence-electron chi connectivity index (χ3n) is 3.02. The molecule has 0 saturated carbocycles. The highest BCUT2D eigenvalue weighted by Gasteiger charge is 2.28. The number of hydrogen-bond donors (Lipinski definition) is 2. The van der Waals surface area contributed by atoms with Crippen LogP contribution in [-0.2, 0) is 4.79 Å². The summed E-state index contributed by atoms with van der Waals surface area (Å²) in [5.74, 6) is -0.348. The molecule has 1 aliphatic heterocycles. The third-order valence-corrected chi connectivity index (χ3v) is 3.02. The standard InChI is InChI=1S/C12H16N2O2/c1-7(2)14(3)8-4-5-9-10(6-8)13-12(16)11(9)15/h4-7,11,15H,1-3H3,(H,13,16). The minimum absolute atomic E-state index is 0.348. The summed E-state index contributed by atoms with van der Waals surface area (Å²) >= 11 is 0. The zero-order valence-corrected chi connectivity index (χ0v) is 9.69. The maximum absolute atomic E-state index is 11.3. The Kier molecular flexibility index (Phi) is 2.59. The van der Waals surface area contributed by atoms with Crippen molar-refractivity contribution in [1.82, 2.24) is 0 Å². The minimum Gasteiger partial charge on any atom is -0.378 e. The van der Waals surface area contributed by atoms with Gasteiger partial charge in [-0.05, 0) is 26.0 Å². The summed E-state index contributed by atoms with van der Waals surface area (Å²) in [5, 5.41) is 12.2. The first-order chi connectivity index (χ1) is 7.50.